The van der Waals surface area contributed by atoms with Crippen LogP contribution in [0, 0.1) is 13.8 Å². The van der Waals surface area contributed by atoms with Crippen LogP contribution < -0.4 is 5.32 Å². The van der Waals surface area contributed by atoms with E-state index in [1.54, 1.807) is 53.7 Å². The Morgan fingerprint density at radius 2 is 1.31 bits per heavy atom. The first-order chi connectivity index (χ1) is 22.7. The van der Waals surface area contributed by atoms with Crippen molar-refractivity contribution >= 4 is 51.7 Å². The molecule has 1 saturated heterocycles. The first-order valence-corrected chi connectivity index (χ1v) is 16.5. The molecule has 0 aromatic heterocycles. The van der Waals surface area contributed by atoms with Gasteiger partial charge in [0.25, 0.3) is 0 Å². The molecule has 0 spiro atoms. The number of ketones is 1. The summed E-state index contributed by atoms with van der Waals surface area (Å²) in [6, 6.07) is 13.6. The summed E-state index contributed by atoms with van der Waals surface area (Å²) < 4.78 is 20.6. The monoisotopic (exact) mass is 780 g/mol. The lowest BCUT2D eigenvalue weighted by molar-refractivity contribution is -0.148. The second-order valence-corrected chi connectivity index (χ2v) is 14.1. The lowest BCUT2D eigenvalue weighted by atomic mass is 10.0. The Kier molecular flexibility index (Phi) is 21.6. The quantitative estimate of drug-likeness (QED) is 0.165. The maximum absolute atomic E-state index is 12.2. The Morgan fingerprint density at radius 3 is 1.75 bits per heavy atom. The van der Waals surface area contributed by atoms with Gasteiger partial charge >= 0.3 is 24.1 Å². The van der Waals surface area contributed by atoms with Gasteiger partial charge in [0.1, 0.15) is 23.3 Å². The van der Waals surface area contributed by atoms with E-state index in [2.05, 4.69) is 49.8 Å². The second-order valence-electron chi connectivity index (χ2n) is 13.2. The molecule has 1 aliphatic rings. The van der Waals surface area contributed by atoms with Gasteiger partial charge in [0.15, 0.2) is 5.78 Å². The van der Waals surface area contributed by atoms with E-state index in [1.807, 2.05) is 31.2 Å². The fourth-order valence-electron chi connectivity index (χ4n) is 4.12. The van der Waals surface area contributed by atoms with Crippen molar-refractivity contribution in [3.05, 3.63) is 69.7 Å². The Hall–Kier alpha value is -4.26. The van der Waals surface area contributed by atoms with Crippen LogP contribution in [0.2, 0.25) is 0 Å². The average Bonchev–Trinajstić information content (AvgIpc) is 3.40. The fraction of sp³-hybridized carbons (Fsp3) is 0.526. The van der Waals surface area contributed by atoms with Crippen molar-refractivity contribution < 1.29 is 47.7 Å². The number of Topliss-reactive ketones (excluding diaryl/α,β-unsaturated/α-hetero) is 1. The molecule has 1 aliphatic heterocycles. The Morgan fingerprint density at radius 1 is 0.824 bits per heavy atom. The molecule has 0 aliphatic carbocycles. The topological polar surface area (TPSA) is 155 Å². The van der Waals surface area contributed by atoms with E-state index in [0.717, 1.165) is 14.9 Å². The van der Waals surface area contributed by atoms with Gasteiger partial charge in [-0.05, 0) is 80.4 Å². The van der Waals surface area contributed by atoms with Crippen LogP contribution in [-0.2, 0) is 33.3 Å². The highest BCUT2D eigenvalue weighted by Crippen LogP contribution is 2.23. The minimum atomic E-state index is -0.931. The average molecular weight is 782 g/mol. The molecule has 1 heterocycles. The van der Waals surface area contributed by atoms with Crippen molar-refractivity contribution in [1.29, 1.82) is 0 Å². The number of benzene rings is 2. The number of halogens is 1. The summed E-state index contributed by atoms with van der Waals surface area (Å²) in [6.45, 7) is 14.3. The molecule has 2 atom stereocenters. The molecule has 0 unspecified atom stereocenters. The first kappa shape index (κ1) is 48.9. The van der Waals surface area contributed by atoms with Gasteiger partial charge in [-0.2, -0.15) is 0 Å². The van der Waals surface area contributed by atoms with Crippen molar-refractivity contribution in [3.8, 4) is 0 Å². The number of aryl methyl sites for hydroxylation is 2. The van der Waals surface area contributed by atoms with E-state index in [-0.39, 0.29) is 46.3 Å². The fourth-order valence-corrected chi connectivity index (χ4v) is 4.38. The van der Waals surface area contributed by atoms with Crippen LogP contribution in [0.25, 0.3) is 0 Å². The van der Waals surface area contributed by atoms with E-state index in [9.17, 15) is 28.8 Å². The van der Waals surface area contributed by atoms with E-state index in [0.29, 0.717) is 5.56 Å². The van der Waals surface area contributed by atoms with Crippen LogP contribution in [0.1, 0.15) is 104 Å². The molecule has 1 fully saturated rings. The third-order valence-corrected chi connectivity index (χ3v) is 7.03. The number of carbonyl (C=O) groups is 6. The van der Waals surface area contributed by atoms with Crippen molar-refractivity contribution in [2.45, 2.75) is 119 Å². The van der Waals surface area contributed by atoms with Crippen molar-refractivity contribution in [2.24, 2.45) is 0 Å². The molecule has 3 amide bonds. The highest BCUT2D eigenvalue weighted by Gasteiger charge is 2.43. The molecular formula is C38H57BrN2O10. The number of hydrogen-bond acceptors (Lipinski definition) is 10. The Balaban J connectivity index is 0. The highest BCUT2D eigenvalue weighted by atomic mass is 79.9. The summed E-state index contributed by atoms with van der Waals surface area (Å²) in [7, 11) is 2.45. The summed E-state index contributed by atoms with van der Waals surface area (Å²) in [4.78, 5) is 71.4. The van der Waals surface area contributed by atoms with Crippen molar-refractivity contribution in [1.82, 2.24) is 10.2 Å². The van der Waals surface area contributed by atoms with E-state index < -0.39 is 53.3 Å². The van der Waals surface area contributed by atoms with Gasteiger partial charge in [0.2, 0.25) is 5.91 Å². The van der Waals surface area contributed by atoms with Crippen molar-refractivity contribution in [3.63, 3.8) is 0 Å². The molecular weight excluding hydrogens is 724 g/mol. The number of carbonyl (C=O) groups excluding carboxylic acids is 6. The van der Waals surface area contributed by atoms with Gasteiger partial charge in [0, 0.05) is 22.9 Å². The highest BCUT2D eigenvalue weighted by molar-refractivity contribution is 9.10. The van der Waals surface area contributed by atoms with Gasteiger partial charge in [-0.3, -0.25) is 9.59 Å². The summed E-state index contributed by atoms with van der Waals surface area (Å²) in [5.74, 6) is -1.72. The smallest absolute Gasteiger partial charge is 0.417 e. The molecule has 1 N–H and O–H groups in total. The third-order valence-electron chi connectivity index (χ3n) is 6.50. The standard InChI is InChI=1S/C18H25NO5.C11H17NO5.C7H7Br.2CH4/c1-12-6-8-13(9-7-12)15(20)11-10-14(16(21)23-5)19-17(22)24-18(2,3)4;1-11(2,3)17-10(15)12-7(9(14)16-4)5-6-8(12)13;1-6-2-4-7(8)5-3-6;;/h6-9,14H,10-11H2,1-5H3,(H,19,22);7H,5-6H2,1-4H3;2-5H,1H3;2*1H4/t14-;7-;;;/m00.../s1. The number of hydrogen-bond donors (Lipinski definition) is 1. The predicted octanol–water partition coefficient (Wildman–Crippen LogP) is 8.14. The lowest BCUT2D eigenvalue weighted by Gasteiger charge is -2.26. The molecule has 0 saturated carbocycles. The Bertz CT molecular complexity index is 1410. The number of imide groups is 1. The normalized spacial score (nSPS) is 14.0. The number of rotatable bonds is 7. The van der Waals surface area contributed by atoms with Crippen LogP contribution in [-0.4, -0.2) is 78.2 Å². The molecule has 0 bridgehead atoms. The zero-order chi connectivity index (χ0) is 37.5. The first-order valence-electron chi connectivity index (χ1n) is 15.7. The number of methoxy groups -OCH3 is 2. The largest absolute Gasteiger partial charge is 0.467 e. The minimum Gasteiger partial charge on any atom is -0.467 e. The molecule has 2 aromatic rings. The van der Waals surface area contributed by atoms with Crippen molar-refractivity contribution in [2.75, 3.05) is 14.2 Å². The van der Waals surface area contributed by atoms with Gasteiger partial charge in [-0.25, -0.2) is 24.1 Å². The molecule has 286 valence electrons. The van der Waals surface area contributed by atoms with Crippen LogP contribution >= 0.6 is 15.9 Å². The summed E-state index contributed by atoms with van der Waals surface area (Å²) in [5.41, 5.74) is 1.54. The van der Waals surface area contributed by atoms with E-state index >= 15 is 0 Å². The van der Waals surface area contributed by atoms with E-state index in [1.165, 1.54) is 19.8 Å². The zero-order valence-corrected chi connectivity index (χ0v) is 31.6. The van der Waals surface area contributed by atoms with Gasteiger partial charge in [0.05, 0.1) is 14.2 Å². The minimum absolute atomic E-state index is 0. The molecule has 12 nitrogen and oxygen atoms in total. The predicted molar refractivity (Wildman–Crippen MR) is 200 cm³/mol. The van der Waals surface area contributed by atoms with Crippen LogP contribution in [0.4, 0.5) is 9.59 Å². The summed E-state index contributed by atoms with van der Waals surface area (Å²) >= 11 is 3.35. The number of amides is 3. The molecule has 13 heteroatoms. The Labute approximate surface area is 312 Å². The number of ether oxygens (including phenoxy) is 4. The SMILES string of the molecule is C.C.COC(=O)[C@@H]1CCC(=O)N1C(=O)OC(C)(C)C.COC(=O)[C@H](CCC(=O)c1ccc(C)cc1)NC(=O)OC(C)(C)C.Cc1ccc(Br)cc1. The van der Waals surface area contributed by atoms with Crippen LogP contribution in [0.15, 0.2) is 53.0 Å². The van der Waals surface area contributed by atoms with Gasteiger partial charge in [-0.1, -0.05) is 78.3 Å². The molecule has 3 rings (SSSR count). The third kappa shape index (κ3) is 19.1. The number of alkyl carbamates (subject to hydrolysis) is 1. The summed E-state index contributed by atoms with van der Waals surface area (Å²) in [5, 5.41) is 2.45. The summed E-state index contributed by atoms with van der Waals surface area (Å²) in [6.07, 6.45) is -0.836. The van der Waals surface area contributed by atoms with Gasteiger partial charge < -0.3 is 24.3 Å². The number of nitrogens with zero attached hydrogens (tertiary/aromatic N) is 1. The maximum atomic E-state index is 12.2. The van der Waals surface area contributed by atoms with Gasteiger partial charge in [-0.15, -0.1) is 0 Å². The van der Waals surface area contributed by atoms with Crippen LogP contribution in [0.5, 0.6) is 0 Å². The van der Waals surface area contributed by atoms with Crippen LogP contribution in [0.3, 0.4) is 0 Å². The van der Waals surface area contributed by atoms with E-state index in [4.69, 9.17) is 9.47 Å². The maximum Gasteiger partial charge on any atom is 0.417 e. The second kappa shape index (κ2) is 22.5. The molecule has 0 radical (unpaired) electrons. The lowest BCUT2D eigenvalue weighted by Crippen LogP contribution is -2.45. The number of likely N-dealkylation sites (tertiary alicyclic amines) is 1. The molecule has 51 heavy (non-hydrogen) atoms. The number of nitrogens with one attached hydrogen (secondary N) is 1. The number of esters is 2. The molecule has 2 aromatic carbocycles. The zero-order valence-electron chi connectivity index (χ0n) is 30.0.